The quantitative estimate of drug-likeness (QED) is 0.794. The Bertz CT molecular complexity index is 880. The van der Waals surface area contributed by atoms with Crippen molar-refractivity contribution in [2.24, 2.45) is 0 Å². The highest BCUT2D eigenvalue weighted by atomic mass is 16.5. The smallest absolute Gasteiger partial charge is 0.257 e. The summed E-state index contributed by atoms with van der Waals surface area (Å²) >= 11 is 0. The monoisotopic (exact) mass is 337 g/mol. The van der Waals surface area contributed by atoms with E-state index >= 15 is 0 Å². The highest BCUT2D eigenvalue weighted by Crippen LogP contribution is 2.28. The molecule has 7 heteroatoms. The summed E-state index contributed by atoms with van der Waals surface area (Å²) in [5.74, 6) is 1.28. The van der Waals surface area contributed by atoms with Crippen molar-refractivity contribution in [3.05, 3.63) is 53.1 Å². The van der Waals surface area contributed by atoms with Gasteiger partial charge in [-0.05, 0) is 32.4 Å². The molecule has 0 aliphatic carbocycles. The number of nitrogens with one attached hydrogen (secondary N) is 1. The van der Waals surface area contributed by atoms with Gasteiger partial charge in [0.2, 0.25) is 0 Å². The van der Waals surface area contributed by atoms with Crippen LogP contribution in [0.15, 0.2) is 34.9 Å². The third kappa shape index (κ3) is 2.82. The molecule has 128 valence electrons. The van der Waals surface area contributed by atoms with Gasteiger partial charge in [-0.1, -0.05) is 23.4 Å². The van der Waals surface area contributed by atoms with Crippen LogP contribution in [0.5, 0.6) is 0 Å². The first-order valence-corrected chi connectivity index (χ1v) is 8.33. The van der Waals surface area contributed by atoms with Crippen LogP contribution in [0.4, 0.5) is 0 Å². The summed E-state index contributed by atoms with van der Waals surface area (Å²) in [5.41, 5.74) is 3.10. The van der Waals surface area contributed by atoms with Crippen molar-refractivity contribution in [1.82, 2.24) is 25.2 Å². The van der Waals surface area contributed by atoms with Crippen LogP contribution < -0.4 is 0 Å². The topological polar surface area (TPSA) is 87.9 Å². The lowest BCUT2D eigenvalue weighted by molar-refractivity contribution is 0.0789. The summed E-state index contributed by atoms with van der Waals surface area (Å²) in [6.07, 6.45) is 0.829. The van der Waals surface area contributed by atoms with Gasteiger partial charge in [0.15, 0.2) is 5.82 Å². The predicted octanol–water partition coefficient (Wildman–Crippen LogP) is 2.71. The van der Waals surface area contributed by atoms with Crippen molar-refractivity contribution in [1.29, 1.82) is 0 Å². The molecule has 0 saturated carbocycles. The van der Waals surface area contributed by atoms with Crippen LogP contribution in [0.1, 0.15) is 39.9 Å². The number of hydrogen-bond acceptors (Lipinski definition) is 5. The van der Waals surface area contributed by atoms with E-state index in [9.17, 15) is 4.79 Å². The molecule has 1 atom stereocenters. The molecule has 3 heterocycles. The molecule has 2 aromatic heterocycles. The number of H-pyrrole nitrogens is 1. The number of amides is 1. The Kier molecular flexibility index (Phi) is 3.83. The average molecular weight is 337 g/mol. The zero-order valence-electron chi connectivity index (χ0n) is 14.2. The number of likely N-dealkylation sites (tertiary alicyclic amines) is 1. The standard InChI is InChI=1S/C18H19N5O2/c1-11-15(12(2)21-20-11)18(24)23-9-8-14(10-23)16-19-17(25-22-16)13-6-4-3-5-7-13/h3-7,14H,8-10H2,1-2H3,(H,20,21)/t14-/m1/s1. The normalized spacial score (nSPS) is 17.2. The van der Waals surface area contributed by atoms with Gasteiger partial charge in [0.1, 0.15) is 0 Å². The van der Waals surface area contributed by atoms with Gasteiger partial charge in [-0.25, -0.2) is 0 Å². The van der Waals surface area contributed by atoms with Gasteiger partial charge in [-0.3, -0.25) is 9.89 Å². The molecule has 1 saturated heterocycles. The lowest BCUT2D eigenvalue weighted by Gasteiger charge is -2.15. The van der Waals surface area contributed by atoms with Crippen LogP contribution in [0, 0.1) is 13.8 Å². The Balaban J connectivity index is 1.50. The van der Waals surface area contributed by atoms with Crippen molar-refractivity contribution in [3.8, 4) is 11.5 Å². The van der Waals surface area contributed by atoms with Gasteiger partial charge in [0.05, 0.1) is 11.3 Å². The van der Waals surface area contributed by atoms with Gasteiger partial charge in [-0.2, -0.15) is 10.1 Å². The lowest BCUT2D eigenvalue weighted by atomic mass is 10.1. The zero-order chi connectivity index (χ0) is 17.4. The Hall–Kier alpha value is -2.96. The molecule has 3 aromatic rings. The van der Waals surface area contributed by atoms with Gasteiger partial charge >= 0.3 is 0 Å². The Morgan fingerprint density at radius 3 is 2.80 bits per heavy atom. The molecule has 0 spiro atoms. The third-order valence-electron chi connectivity index (χ3n) is 4.65. The number of rotatable bonds is 3. The predicted molar refractivity (Wildman–Crippen MR) is 91.1 cm³/mol. The molecule has 0 bridgehead atoms. The summed E-state index contributed by atoms with van der Waals surface area (Å²) in [7, 11) is 0. The van der Waals surface area contributed by atoms with E-state index < -0.39 is 0 Å². The van der Waals surface area contributed by atoms with E-state index in [4.69, 9.17) is 4.52 Å². The number of aromatic nitrogens is 4. The average Bonchev–Trinajstić information content (AvgIpc) is 3.35. The van der Waals surface area contributed by atoms with Gasteiger partial charge in [-0.15, -0.1) is 0 Å². The van der Waals surface area contributed by atoms with E-state index in [2.05, 4.69) is 20.3 Å². The van der Waals surface area contributed by atoms with Crippen molar-refractivity contribution in [3.63, 3.8) is 0 Å². The number of carbonyl (C=O) groups is 1. The minimum atomic E-state index is 0.0121. The fraction of sp³-hybridized carbons (Fsp3) is 0.333. The third-order valence-corrected chi connectivity index (χ3v) is 4.65. The Morgan fingerprint density at radius 2 is 2.08 bits per heavy atom. The van der Waals surface area contributed by atoms with Crippen LogP contribution in [-0.4, -0.2) is 44.2 Å². The second kappa shape index (κ2) is 6.16. The maximum absolute atomic E-state index is 12.8. The Labute approximate surface area is 145 Å². The second-order valence-corrected chi connectivity index (χ2v) is 6.37. The van der Waals surface area contributed by atoms with E-state index in [1.807, 2.05) is 49.1 Å². The second-order valence-electron chi connectivity index (χ2n) is 6.37. The molecule has 0 unspecified atom stereocenters. The van der Waals surface area contributed by atoms with Crippen LogP contribution in [0.2, 0.25) is 0 Å². The maximum Gasteiger partial charge on any atom is 0.257 e. The fourth-order valence-electron chi connectivity index (χ4n) is 3.28. The highest BCUT2D eigenvalue weighted by molar-refractivity contribution is 5.96. The van der Waals surface area contributed by atoms with Crippen molar-refractivity contribution >= 4 is 5.91 Å². The molecular weight excluding hydrogens is 318 g/mol. The largest absolute Gasteiger partial charge is 0.338 e. The lowest BCUT2D eigenvalue weighted by Crippen LogP contribution is -2.29. The van der Waals surface area contributed by atoms with Crippen LogP contribution in [0.25, 0.3) is 11.5 Å². The molecule has 1 aliphatic rings. The van der Waals surface area contributed by atoms with E-state index in [-0.39, 0.29) is 11.8 Å². The number of hydrogen-bond donors (Lipinski definition) is 1. The minimum Gasteiger partial charge on any atom is -0.338 e. The van der Waals surface area contributed by atoms with E-state index in [0.29, 0.717) is 30.4 Å². The highest BCUT2D eigenvalue weighted by Gasteiger charge is 2.32. The van der Waals surface area contributed by atoms with Crippen LogP contribution >= 0.6 is 0 Å². The summed E-state index contributed by atoms with van der Waals surface area (Å²) in [5, 5.41) is 11.1. The Morgan fingerprint density at radius 1 is 1.28 bits per heavy atom. The zero-order valence-corrected chi connectivity index (χ0v) is 14.2. The van der Waals surface area contributed by atoms with E-state index in [1.165, 1.54) is 0 Å². The molecule has 1 aromatic carbocycles. The fourth-order valence-corrected chi connectivity index (χ4v) is 3.28. The number of aryl methyl sites for hydroxylation is 2. The van der Waals surface area contributed by atoms with Crippen LogP contribution in [0.3, 0.4) is 0 Å². The maximum atomic E-state index is 12.8. The first-order chi connectivity index (χ1) is 12.1. The number of nitrogens with zero attached hydrogens (tertiary/aromatic N) is 4. The first-order valence-electron chi connectivity index (χ1n) is 8.33. The number of aromatic amines is 1. The minimum absolute atomic E-state index is 0.0121. The van der Waals surface area contributed by atoms with Gasteiger partial charge in [0.25, 0.3) is 11.8 Å². The molecule has 7 nitrogen and oxygen atoms in total. The summed E-state index contributed by atoms with van der Waals surface area (Å²) in [6, 6.07) is 9.69. The SMILES string of the molecule is Cc1n[nH]c(C)c1C(=O)N1CC[C@@H](c2noc(-c3ccccc3)n2)C1. The van der Waals surface area contributed by atoms with E-state index in [1.54, 1.807) is 0 Å². The molecule has 1 N–H and O–H groups in total. The van der Waals surface area contributed by atoms with Gasteiger partial charge in [0, 0.05) is 30.3 Å². The van der Waals surface area contributed by atoms with Crippen LogP contribution in [-0.2, 0) is 0 Å². The van der Waals surface area contributed by atoms with Crippen molar-refractivity contribution < 1.29 is 9.32 Å². The molecule has 4 rings (SSSR count). The van der Waals surface area contributed by atoms with Gasteiger partial charge < -0.3 is 9.42 Å². The number of benzene rings is 1. The molecular formula is C18H19N5O2. The summed E-state index contributed by atoms with van der Waals surface area (Å²) in [6.45, 7) is 4.99. The van der Waals surface area contributed by atoms with E-state index in [0.717, 1.165) is 23.4 Å². The summed E-state index contributed by atoms with van der Waals surface area (Å²) in [4.78, 5) is 19.1. The molecule has 1 aliphatic heterocycles. The van der Waals surface area contributed by atoms with Crippen molar-refractivity contribution in [2.75, 3.05) is 13.1 Å². The molecule has 0 radical (unpaired) electrons. The number of carbonyl (C=O) groups excluding carboxylic acids is 1. The molecule has 25 heavy (non-hydrogen) atoms. The first kappa shape index (κ1) is 15.6. The molecule has 1 amide bonds. The molecule has 1 fully saturated rings. The summed E-state index contributed by atoms with van der Waals surface area (Å²) < 4.78 is 5.39. The van der Waals surface area contributed by atoms with Crippen molar-refractivity contribution in [2.45, 2.75) is 26.2 Å².